The van der Waals surface area contributed by atoms with Crippen LogP contribution in [0, 0.1) is 0 Å². The van der Waals surface area contributed by atoms with Crippen LogP contribution in [0.5, 0.6) is 0 Å². The largest absolute Gasteiger partial charge is 0.462 e. The van der Waals surface area contributed by atoms with E-state index in [0.29, 0.717) is 6.61 Å². The van der Waals surface area contributed by atoms with Crippen molar-refractivity contribution in [2.24, 2.45) is 0 Å². The highest BCUT2D eigenvalue weighted by Gasteiger charge is 2.50. The van der Waals surface area contributed by atoms with Crippen LogP contribution in [0.4, 0.5) is 0 Å². The van der Waals surface area contributed by atoms with Gasteiger partial charge in [-0.25, -0.2) is 0 Å². The van der Waals surface area contributed by atoms with E-state index >= 15 is 0 Å². The maximum Gasteiger partial charge on any atom is 0.461 e. The molecule has 120 valence electrons. The van der Waals surface area contributed by atoms with Gasteiger partial charge in [-0.3, -0.25) is 4.79 Å². The van der Waals surface area contributed by atoms with Gasteiger partial charge in [0.1, 0.15) is 6.61 Å². The van der Waals surface area contributed by atoms with Crippen molar-refractivity contribution in [3.05, 3.63) is 24.8 Å². The maximum atomic E-state index is 10.2. The Hall–Kier alpha value is -1.07. The molecule has 0 radical (unpaired) electrons. The Bertz CT molecular complexity index is 345. The van der Waals surface area contributed by atoms with Crippen LogP contribution < -0.4 is 0 Å². The lowest BCUT2D eigenvalue weighted by atomic mass is 9.85. The first-order valence-corrected chi connectivity index (χ1v) is 7.41. The van der Waals surface area contributed by atoms with E-state index in [9.17, 15) is 4.79 Å². The van der Waals surface area contributed by atoms with Crippen LogP contribution in [0.2, 0.25) is 6.32 Å². The van der Waals surface area contributed by atoms with E-state index < -0.39 is 0 Å². The smallest absolute Gasteiger partial charge is 0.461 e. The predicted octanol–water partition coefficient (Wildman–Crippen LogP) is 3.78. The zero-order chi connectivity index (χ0) is 16.5. The zero-order valence-electron chi connectivity index (χ0n) is 14.3. The van der Waals surface area contributed by atoms with Crippen LogP contribution in [0.15, 0.2) is 24.8 Å². The molecule has 0 atom stereocenters. The Balaban J connectivity index is 0.000000400. The molecule has 1 fully saturated rings. The van der Waals surface area contributed by atoms with Crippen molar-refractivity contribution in [2.75, 3.05) is 6.61 Å². The number of ether oxygens (including phenoxy) is 1. The van der Waals surface area contributed by atoms with Crippen molar-refractivity contribution in [3.8, 4) is 0 Å². The minimum Gasteiger partial charge on any atom is -0.462 e. The minimum absolute atomic E-state index is 0.118. The molecule has 21 heavy (non-hydrogen) atoms. The van der Waals surface area contributed by atoms with Crippen molar-refractivity contribution >= 4 is 13.1 Å². The topological polar surface area (TPSA) is 44.8 Å². The van der Waals surface area contributed by atoms with Gasteiger partial charge in [0, 0.05) is 13.2 Å². The van der Waals surface area contributed by atoms with E-state index in [1.54, 1.807) is 0 Å². The molecule has 0 spiro atoms. The number of carbonyl (C=O) groups excluding carboxylic acids is 1. The molecule has 0 amide bonds. The van der Waals surface area contributed by atoms with Crippen LogP contribution in [-0.2, 0) is 18.8 Å². The van der Waals surface area contributed by atoms with Crippen molar-refractivity contribution in [1.29, 1.82) is 0 Å². The van der Waals surface area contributed by atoms with Crippen LogP contribution in [-0.4, -0.2) is 30.9 Å². The van der Waals surface area contributed by atoms with E-state index in [4.69, 9.17) is 9.31 Å². The number of hydrogen-bond acceptors (Lipinski definition) is 4. The molecule has 1 aliphatic rings. The molecule has 0 bridgehead atoms. The van der Waals surface area contributed by atoms with E-state index in [-0.39, 0.29) is 24.3 Å². The summed E-state index contributed by atoms with van der Waals surface area (Å²) < 4.78 is 16.0. The van der Waals surface area contributed by atoms with Gasteiger partial charge in [-0.15, -0.1) is 6.58 Å². The lowest BCUT2D eigenvalue weighted by Crippen LogP contribution is -2.41. The summed E-state index contributed by atoms with van der Waals surface area (Å²) in [6, 6.07) is 0. The summed E-state index contributed by atoms with van der Waals surface area (Å²) in [5.41, 5.74) is -0.415. The lowest BCUT2D eigenvalue weighted by Gasteiger charge is -2.32. The number of rotatable bonds is 5. The molecule has 0 N–H and O–H groups in total. The molecule has 0 aromatic carbocycles. The third kappa shape index (κ3) is 7.49. The van der Waals surface area contributed by atoms with Gasteiger partial charge in [-0.2, -0.15) is 0 Å². The van der Waals surface area contributed by atoms with Crippen LogP contribution in [0.1, 0.15) is 48.0 Å². The molecule has 1 saturated heterocycles. The molecular weight excluding hydrogens is 267 g/mol. The molecule has 0 unspecified atom stereocenters. The van der Waals surface area contributed by atoms with E-state index in [1.165, 1.54) is 6.92 Å². The van der Waals surface area contributed by atoms with Gasteiger partial charge >= 0.3 is 13.1 Å². The SMILES string of the molecule is C=CCB1OC(C)(C)C(C)(C)O1.CC/C=C\COC(C)=O. The average molecular weight is 296 g/mol. The summed E-state index contributed by atoms with van der Waals surface area (Å²) in [5.74, 6) is -0.226. The first-order chi connectivity index (χ1) is 9.66. The fraction of sp³-hybridized carbons (Fsp3) is 0.688. The highest BCUT2D eigenvalue weighted by Crippen LogP contribution is 2.37. The summed E-state index contributed by atoms with van der Waals surface area (Å²) in [5, 5.41) is 0. The van der Waals surface area contributed by atoms with Crippen LogP contribution >= 0.6 is 0 Å². The highest BCUT2D eigenvalue weighted by atomic mass is 16.7. The molecular formula is C16H29BO4. The second-order valence-electron chi connectivity index (χ2n) is 5.89. The van der Waals surface area contributed by atoms with Gasteiger partial charge in [-0.1, -0.05) is 25.2 Å². The number of esters is 1. The van der Waals surface area contributed by atoms with Gasteiger partial charge in [0.15, 0.2) is 0 Å². The number of allylic oxidation sites excluding steroid dienone is 2. The third-order valence-electron chi connectivity index (χ3n) is 3.45. The fourth-order valence-electron chi connectivity index (χ4n) is 1.60. The highest BCUT2D eigenvalue weighted by molar-refractivity contribution is 6.46. The number of hydrogen-bond donors (Lipinski definition) is 0. The Morgan fingerprint density at radius 3 is 2.10 bits per heavy atom. The first-order valence-electron chi connectivity index (χ1n) is 7.41. The standard InChI is InChI=1S/C9H17BO2.C7H12O2/c1-6-7-10-11-8(2,3)9(4,5)12-10;1-3-4-5-6-9-7(2)8/h6H,1,7H2,2-5H3;4-5H,3,6H2,1-2H3/b;5-4-. The Morgan fingerprint density at radius 2 is 1.71 bits per heavy atom. The van der Waals surface area contributed by atoms with Gasteiger partial charge in [0.05, 0.1) is 11.2 Å². The van der Waals surface area contributed by atoms with E-state index in [0.717, 1.165) is 12.7 Å². The molecule has 0 aromatic heterocycles. The predicted molar refractivity (Wildman–Crippen MR) is 87.2 cm³/mol. The second kappa shape index (κ2) is 9.06. The quantitative estimate of drug-likeness (QED) is 0.440. The minimum atomic E-state index is -0.226. The molecule has 5 heteroatoms. The molecule has 0 saturated carbocycles. The van der Waals surface area contributed by atoms with Gasteiger partial charge in [-0.05, 0) is 34.1 Å². The maximum absolute atomic E-state index is 10.2. The Labute approximate surface area is 129 Å². The van der Waals surface area contributed by atoms with Gasteiger partial charge in [0.25, 0.3) is 0 Å². The van der Waals surface area contributed by atoms with Gasteiger partial charge < -0.3 is 14.0 Å². The van der Waals surface area contributed by atoms with Crippen LogP contribution in [0.25, 0.3) is 0 Å². The summed E-state index contributed by atoms with van der Waals surface area (Å²) in [6.07, 6.45) is 7.36. The van der Waals surface area contributed by atoms with Crippen molar-refractivity contribution < 1.29 is 18.8 Å². The van der Waals surface area contributed by atoms with Crippen molar-refractivity contribution in [3.63, 3.8) is 0 Å². The summed E-state index contributed by atoms with van der Waals surface area (Å²) in [4.78, 5) is 10.2. The Kier molecular flexibility index (Phi) is 8.60. The second-order valence-corrected chi connectivity index (χ2v) is 5.89. The van der Waals surface area contributed by atoms with E-state index in [2.05, 4.69) is 39.0 Å². The molecule has 1 heterocycles. The molecule has 4 nitrogen and oxygen atoms in total. The number of carbonyl (C=O) groups is 1. The Morgan fingerprint density at radius 1 is 1.19 bits per heavy atom. The zero-order valence-corrected chi connectivity index (χ0v) is 14.3. The van der Waals surface area contributed by atoms with Gasteiger partial charge in [0.2, 0.25) is 0 Å². The first kappa shape index (κ1) is 19.9. The summed E-state index contributed by atoms with van der Waals surface area (Å²) >= 11 is 0. The van der Waals surface area contributed by atoms with Crippen molar-refractivity contribution in [1.82, 2.24) is 0 Å². The molecule has 0 aliphatic carbocycles. The summed E-state index contributed by atoms with van der Waals surface area (Å²) in [6.45, 7) is 15.7. The summed E-state index contributed by atoms with van der Waals surface area (Å²) in [7, 11) is -0.118. The van der Waals surface area contributed by atoms with E-state index in [1.807, 2.05) is 25.2 Å². The monoisotopic (exact) mass is 296 g/mol. The van der Waals surface area contributed by atoms with Crippen LogP contribution in [0.3, 0.4) is 0 Å². The average Bonchev–Trinajstić information content (AvgIpc) is 2.54. The fourth-order valence-corrected chi connectivity index (χ4v) is 1.60. The molecule has 0 aromatic rings. The van der Waals surface area contributed by atoms with Crippen molar-refractivity contribution in [2.45, 2.75) is 65.5 Å². The third-order valence-corrected chi connectivity index (χ3v) is 3.45. The molecule has 1 aliphatic heterocycles. The lowest BCUT2D eigenvalue weighted by molar-refractivity contribution is -0.139. The molecule has 1 rings (SSSR count). The normalized spacial score (nSPS) is 19.0.